The van der Waals surface area contributed by atoms with Gasteiger partial charge in [-0.1, -0.05) is 60.1 Å². The highest BCUT2D eigenvalue weighted by Crippen LogP contribution is 2.76. The van der Waals surface area contributed by atoms with E-state index in [1.165, 1.54) is 5.57 Å². The van der Waals surface area contributed by atoms with E-state index in [9.17, 15) is 81.1 Å². The maximum Gasteiger partial charge on any atom is 0.335 e. The van der Waals surface area contributed by atoms with Crippen molar-refractivity contribution in [2.24, 2.45) is 50.2 Å². The molecule has 14 N–H and O–H groups in total. The third kappa shape index (κ3) is 9.72. The molecule has 9 rings (SSSR count). The molecule has 28 atom stereocenters. The molecule has 446 valence electrons. The Kier molecular flexibility index (Phi) is 16.9. The Labute approximate surface area is 453 Å². The average molecular weight is 1120 g/mol. The van der Waals surface area contributed by atoms with Crippen molar-refractivity contribution in [3.63, 3.8) is 0 Å². The molecule has 24 nitrogen and oxygen atoms in total. The van der Waals surface area contributed by atoms with Gasteiger partial charge in [0.25, 0.3) is 0 Å². The minimum atomic E-state index is -2.16. The summed E-state index contributed by atoms with van der Waals surface area (Å²) >= 11 is 0. The summed E-state index contributed by atoms with van der Waals surface area (Å²) in [7, 11) is 0. The molecular weight excluding hydrogens is 1030 g/mol. The van der Waals surface area contributed by atoms with Crippen LogP contribution in [0.4, 0.5) is 0 Å². The molecule has 0 aromatic heterocycles. The van der Waals surface area contributed by atoms with Crippen LogP contribution in [0.3, 0.4) is 0 Å². The van der Waals surface area contributed by atoms with Crippen molar-refractivity contribution in [1.29, 1.82) is 0 Å². The minimum absolute atomic E-state index is 0.0272. The Morgan fingerprint density at radius 1 is 0.551 bits per heavy atom. The maximum atomic E-state index is 14.8. The molecule has 5 aliphatic carbocycles. The van der Waals surface area contributed by atoms with Crippen molar-refractivity contribution in [3.05, 3.63) is 11.6 Å². The highest BCUT2D eigenvalue weighted by Gasteiger charge is 2.70. The van der Waals surface area contributed by atoms with Gasteiger partial charge in [-0.2, -0.15) is 0 Å². The van der Waals surface area contributed by atoms with Crippen LogP contribution in [0.2, 0.25) is 0 Å². The van der Waals surface area contributed by atoms with Gasteiger partial charge >= 0.3 is 11.9 Å². The maximum absolute atomic E-state index is 14.8. The van der Waals surface area contributed by atoms with Crippen molar-refractivity contribution in [3.8, 4) is 0 Å². The SMILES string of the molecule is CC1(C)CC[C@]2(C(=O)O[C@@H]3O[C@H](CO)[C@@H](O)[C@H](O)[C@H]3O)CC[C@]3(C)C(=CC[C@@H]4[C@@]5(C)CC[C@H](O[C@@H]6O[C@H](C(=O)O)[C@@H](O)[C@H](O[C@@H]7O[C@H](CO)[C@H](O)[C@H](O)[C@H]7O)[C@H]6O[C@@H]6O[C@H](CO)[C@H](O)[C@H](O)[C@H]6O)C(C)(C)[C@@H]5CC[C@]43C)[C@@H]2C1. The fourth-order valence-corrected chi connectivity index (χ4v) is 16.5. The topological polar surface area (TPSA) is 391 Å². The summed E-state index contributed by atoms with van der Waals surface area (Å²) in [5.74, 6) is -2.33. The molecule has 0 aromatic rings. The molecule has 0 aromatic carbocycles. The monoisotopic (exact) mass is 1120 g/mol. The molecule has 4 heterocycles. The van der Waals surface area contributed by atoms with Crippen LogP contribution in [0.25, 0.3) is 0 Å². The molecule has 4 saturated heterocycles. The van der Waals surface area contributed by atoms with Crippen LogP contribution >= 0.6 is 0 Å². The molecule has 9 aliphatic rings. The summed E-state index contributed by atoms with van der Waals surface area (Å²) in [6.07, 6.45) is -28.0. The number of aliphatic hydroxyl groups is 13. The van der Waals surface area contributed by atoms with E-state index in [2.05, 4.69) is 54.5 Å². The lowest BCUT2D eigenvalue weighted by molar-refractivity contribution is -0.396. The summed E-state index contributed by atoms with van der Waals surface area (Å²) < 4.78 is 48.2. The van der Waals surface area contributed by atoms with E-state index < -0.39 is 172 Å². The number of carbonyl (C=O) groups excluding carboxylic acids is 1. The van der Waals surface area contributed by atoms with Crippen LogP contribution in [-0.2, 0) is 47.5 Å². The standard InChI is InChI=1S/C54H86O24/c1-49(2)14-16-54(48(70)78-46-38(66)35(63)32(60)26(21-57)73-46)17-15-52(6)22(23(54)18-49)8-9-28-51(5)12-11-29(50(3,4)27(51)10-13-53(28,52)7)74-47-42(77-45-37(65)34(62)31(59)25(20-56)72-45)40(39(67)41(76-47)43(68)69)75-44-36(64)33(61)30(58)24(19-55)71-44/h8,23-42,44-47,55-67H,9-21H2,1-7H3,(H,68,69)/t23-,24+,25+,26+,27-,28+,29-,30-,31-,32+,33-,34-,35-,36+,37+,38+,39-,40-,41-,42+,44-,45-,46-,47+,51-,52+,53+,54-/m0/s1. The highest BCUT2D eigenvalue weighted by molar-refractivity contribution is 5.79. The van der Waals surface area contributed by atoms with E-state index in [0.29, 0.717) is 44.9 Å². The summed E-state index contributed by atoms with van der Waals surface area (Å²) in [6, 6.07) is 0. The number of ether oxygens (including phenoxy) is 8. The molecule has 0 amide bonds. The molecule has 4 aliphatic heterocycles. The second-order valence-electron chi connectivity index (χ2n) is 26.3. The lowest BCUT2D eigenvalue weighted by Crippen LogP contribution is -2.68. The summed E-state index contributed by atoms with van der Waals surface area (Å²) in [5, 5.41) is 149. The van der Waals surface area contributed by atoms with Crippen molar-refractivity contribution in [1.82, 2.24) is 0 Å². The van der Waals surface area contributed by atoms with Crippen molar-refractivity contribution in [2.45, 2.75) is 242 Å². The number of aliphatic hydroxyl groups excluding tert-OH is 13. The molecule has 0 unspecified atom stereocenters. The number of esters is 1. The third-order valence-electron chi connectivity index (χ3n) is 21.4. The van der Waals surface area contributed by atoms with Crippen LogP contribution in [0.1, 0.15) is 113 Å². The van der Waals surface area contributed by atoms with Crippen molar-refractivity contribution < 1.29 is 119 Å². The fourth-order valence-electron chi connectivity index (χ4n) is 16.5. The van der Waals surface area contributed by atoms with Crippen LogP contribution in [0.5, 0.6) is 0 Å². The van der Waals surface area contributed by atoms with E-state index in [1.807, 2.05) is 0 Å². The van der Waals surface area contributed by atoms with Crippen LogP contribution in [-0.4, -0.2) is 232 Å². The number of hydrogen-bond acceptors (Lipinski definition) is 23. The van der Waals surface area contributed by atoms with E-state index in [-0.39, 0.29) is 39.4 Å². The predicted octanol–water partition coefficient (Wildman–Crippen LogP) is -1.94. The summed E-state index contributed by atoms with van der Waals surface area (Å²) in [5.41, 5.74) is -1.57. The molecule has 0 radical (unpaired) electrons. The minimum Gasteiger partial charge on any atom is -0.479 e. The van der Waals surface area contributed by atoms with E-state index in [1.54, 1.807) is 0 Å². The second-order valence-corrected chi connectivity index (χ2v) is 26.3. The van der Waals surface area contributed by atoms with Gasteiger partial charge < -0.3 is 109 Å². The molecule has 24 heteroatoms. The highest BCUT2D eigenvalue weighted by atomic mass is 16.8. The zero-order valence-electron chi connectivity index (χ0n) is 45.5. The molecule has 0 bridgehead atoms. The smallest absolute Gasteiger partial charge is 0.335 e. The molecule has 8 fully saturated rings. The van der Waals surface area contributed by atoms with Gasteiger partial charge in [-0.3, -0.25) is 4.79 Å². The van der Waals surface area contributed by atoms with E-state index in [4.69, 9.17) is 37.9 Å². The van der Waals surface area contributed by atoms with E-state index in [0.717, 1.165) is 19.3 Å². The Morgan fingerprint density at radius 3 is 1.60 bits per heavy atom. The summed E-state index contributed by atoms with van der Waals surface area (Å²) in [4.78, 5) is 27.7. The quantitative estimate of drug-likeness (QED) is 0.0574. The van der Waals surface area contributed by atoms with Gasteiger partial charge in [-0.25, -0.2) is 4.79 Å². The first kappa shape index (κ1) is 60.5. The fraction of sp³-hybridized carbons (Fsp3) is 0.926. The van der Waals surface area contributed by atoms with Gasteiger partial charge in [0.15, 0.2) is 25.0 Å². The largest absolute Gasteiger partial charge is 0.479 e. The van der Waals surface area contributed by atoms with Gasteiger partial charge in [-0.05, 0) is 109 Å². The number of allylic oxidation sites excluding steroid dienone is 2. The van der Waals surface area contributed by atoms with Gasteiger partial charge in [0.05, 0.1) is 31.3 Å². The lowest BCUT2D eigenvalue weighted by Gasteiger charge is -2.71. The molecular formula is C54H86O24. The summed E-state index contributed by atoms with van der Waals surface area (Å²) in [6.45, 7) is 13.2. The Bertz CT molecular complexity index is 2190. The Hall–Kier alpha value is -2.12. The van der Waals surface area contributed by atoms with Crippen molar-refractivity contribution in [2.75, 3.05) is 19.8 Å². The number of carboxylic acid groups (broad SMARTS) is 1. The number of carbonyl (C=O) groups is 2. The number of rotatable bonds is 12. The average Bonchev–Trinajstić information content (AvgIpc) is 3.56. The van der Waals surface area contributed by atoms with Gasteiger partial charge in [0.1, 0.15) is 91.6 Å². The first-order valence-electron chi connectivity index (χ1n) is 27.8. The number of fused-ring (bicyclic) bond motifs is 7. The van der Waals surface area contributed by atoms with Gasteiger partial charge in [0.2, 0.25) is 6.29 Å². The van der Waals surface area contributed by atoms with Gasteiger partial charge in [0, 0.05) is 0 Å². The number of carboxylic acids is 1. The number of hydrogen-bond donors (Lipinski definition) is 14. The third-order valence-corrected chi connectivity index (χ3v) is 21.4. The first-order valence-corrected chi connectivity index (χ1v) is 27.8. The molecule has 0 spiro atoms. The molecule has 4 saturated carbocycles. The predicted molar refractivity (Wildman–Crippen MR) is 263 cm³/mol. The second kappa shape index (κ2) is 21.8. The van der Waals surface area contributed by atoms with Crippen LogP contribution < -0.4 is 0 Å². The zero-order valence-corrected chi connectivity index (χ0v) is 45.5. The zero-order chi connectivity index (χ0) is 57.1. The Morgan fingerprint density at radius 2 is 1.06 bits per heavy atom. The van der Waals surface area contributed by atoms with Crippen LogP contribution in [0, 0.1) is 50.2 Å². The first-order chi connectivity index (χ1) is 36.5. The number of aliphatic carboxylic acids is 1. The van der Waals surface area contributed by atoms with Crippen LogP contribution in [0.15, 0.2) is 11.6 Å². The molecule has 78 heavy (non-hydrogen) atoms. The Balaban J connectivity index is 1.00. The van der Waals surface area contributed by atoms with Gasteiger partial charge in [-0.15, -0.1) is 0 Å². The normalized spacial score (nSPS) is 52.8. The lowest BCUT2D eigenvalue weighted by atomic mass is 9.33. The van der Waals surface area contributed by atoms with Crippen molar-refractivity contribution >= 4 is 11.9 Å². The van der Waals surface area contributed by atoms with E-state index >= 15 is 0 Å².